The molecule has 1 amide bonds. The molecule has 1 aliphatic heterocycles. The second-order valence-corrected chi connectivity index (χ2v) is 7.00. The third-order valence-corrected chi connectivity index (χ3v) is 5.33. The Morgan fingerprint density at radius 1 is 1.30 bits per heavy atom. The van der Waals surface area contributed by atoms with Crippen LogP contribution in [0.15, 0.2) is 42.6 Å². The summed E-state index contributed by atoms with van der Waals surface area (Å²) in [5.41, 5.74) is 3.27. The number of aryl methyl sites for hydroxylation is 1. The van der Waals surface area contributed by atoms with Gasteiger partial charge in [0.05, 0.1) is 22.8 Å². The zero-order valence-electron chi connectivity index (χ0n) is 15.9. The highest BCUT2D eigenvalue weighted by atomic mass is 16.2. The molecule has 1 fully saturated rings. The summed E-state index contributed by atoms with van der Waals surface area (Å²) in [4.78, 5) is 20.2. The van der Waals surface area contributed by atoms with E-state index in [9.17, 15) is 4.79 Å². The lowest BCUT2D eigenvalue weighted by Crippen LogP contribution is -2.47. The van der Waals surface area contributed by atoms with Crippen molar-refractivity contribution in [3.8, 4) is 11.3 Å². The van der Waals surface area contributed by atoms with E-state index in [4.69, 9.17) is 4.98 Å². The fourth-order valence-electron chi connectivity index (χ4n) is 3.78. The van der Waals surface area contributed by atoms with Gasteiger partial charge in [0.2, 0.25) is 0 Å². The lowest BCUT2D eigenvalue weighted by Gasteiger charge is -2.32. The molecule has 1 aromatic carbocycles. The van der Waals surface area contributed by atoms with Crippen molar-refractivity contribution < 1.29 is 4.79 Å². The first-order valence-corrected chi connectivity index (χ1v) is 9.59. The normalized spacial score (nSPS) is 17.4. The Labute approximate surface area is 159 Å². The molecule has 0 aliphatic carbocycles. The predicted octanol–water partition coefficient (Wildman–Crippen LogP) is 2.94. The van der Waals surface area contributed by atoms with Gasteiger partial charge in [0.1, 0.15) is 0 Å². The molecule has 0 spiro atoms. The van der Waals surface area contributed by atoms with Crippen LogP contribution in [0.1, 0.15) is 30.1 Å². The van der Waals surface area contributed by atoms with Crippen molar-refractivity contribution in [2.75, 3.05) is 20.1 Å². The van der Waals surface area contributed by atoms with Gasteiger partial charge in [-0.15, -0.1) is 0 Å². The molecule has 6 heteroatoms. The maximum absolute atomic E-state index is 13.4. The Balaban J connectivity index is 1.81. The summed E-state index contributed by atoms with van der Waals surface area (Å²) >= 11 is 0. The maximum atomic E-state index is 13.4. The highest BCUT2D eigenvalue weighted by Gasteiger charge is 2.26. The fourth-order valence-corrected chi connectivity index (χ4v) is 3.78. The molecule has 6 nitrogen and oxygen atoms in total. The molecule has 1 N–H and O–H groups in total. The SMILES string of the molecule is CCn1ncc2c(C(=O)N3CCCC(NC)C3)cc(-c3ccccc3)nc21. The monoisotopic (exact) mass is 363 g/mol. The van der Waals surface area contributed by atoms with E-state index in [-0.39, 0.29) is 5.91 Å². The average molecular weight is 363 g/mol. The summed E-state index contributed by atoms with van der Waals surface area (Å²) in [6.07, 6.45) is 3.90. The number of piperidine rings is 1. The number of nitrogens with one attached hydrogen (secondary N) is 1. The molecule has 1 atom stereocenters. The number of benzene rings is 1. The van der Waals surface area contributed by atoms with Crippen molar-refractivity contribution in [3.63, 3.8) is 0 Å². The number of amides is 1. The standard InChI is InChI=1S/C21H25N5O/c1-3-26-20-18(13-23-26)17(12-19(24-20)15-8-5-4-6-9-15)21(27)25-11-7-10-16(14-25)22-2/h4-6,8-9,12-13,16,22H,3,7,10-11,14H2,1-2H3. The first-order chi connectivity index (χ1) is 13.2. The molecule has 0 bridgehead atoms. The van der Waals surface area contributed by atoms with E-state index < -0.39 is 0 Å². The van der Waals surface area contributed by atoms with Gasteiger partial charge in [-0.05, 0) is 32.9 Å². The topological polar surface area (TPSA) is 63.1 Å². The third-order valence-electron chi connectivity index (χ3n) is 5.33. The van der Waals surface area contributed by atoms with Gasteiger partial charge in [-0.1, -0.05) is 30.3 Å². The van der Waals surface area contributed by atoms with Gasteiger partial charge < -0.3 is 10.2 Å². The molecule has 3 aromatic rings. The van der Waals surface area contributed by atoms with E-state index in [0.717, 1.165) is 48.2 Å². The van der Waals surface area contributed by atoms with Crippen molar-refractivity contribution in [1.29, 1.82) is 0 Å². The molecular weight excluding hydrogens is 338 g/mol. The van der Waals surface area contributed by atoms with Crippen LogP contribution in [0.25, 0.3) is 22.3 Å². The number of aromatic nitrogens is 3. The number of rotatable bonds is 4. The van der Waals surface area contributed by atoms with E-state index in [0.29, 0.717) is 18.2 Å². The van der Waals surface area contributed by atoms with Gasteiger partial charge in [0.25, 0.3) is 5.91 Å². The summed E-state index contributed by atoms with van der Waals surface area (Å²) < 4.78 is 1.85. The zero-order valence-corrected chi connectivity index (χ0v) is 15.9. The highest BCUT2D eigenvalue weighted by molar-refractivity contribution is 6.06. The van der Waals surface area contributed by atoms with Crippen molar-refractivity contribution in [1.82, 2.24) is 25.0 Å². The Bertz CT molecular complexity index is 950. The molecule has 1 unspecified atom stereocenters. The lowest BCUT2D eigenvalue weighted by atomic mass is 10.0. The van der Waals surface area contributed by atoms with Crippen molar-refractivity contribution in [3.05, 3.63) is 48.2 Å². The Kier molecular flexibility index (Phi) is 4.90. The van der Waals surface area contributed by atoms with Crippen LogP contribution in [0, 0.1) is 0 Å². The van der Waals surface area contributed by atoms with Gasteiger partial charge in [0.15, 0.2) is 5.65 Å². The summed E-state index contributed by atoms with van der Waals surface area (Å²) in [6.45, 7) is 4.28. The summed E-state index contributed by atoms with van der Waals surface area (Å²) in [7, 11) is 1.96. The van der Waals surface area contributed by atoms with Crippen LogP contribution in [0.4, 0.5) is 0 Å². The number of nitrogens with zero attached hydrogens (tertiary/aromatic N) is 4. The molecule has 1 saturated heterocycles. The van der Waals surface area contributed by atoms with E-state index in [2.05, 4.69) is 10.4 Å². The van der Waals surface area contributed by atoms with E-state index in [1.165, 1.54) is 0 Å². The molecule has 4 rings (SSSR count). The second kappa shape index (κ2) is 7.48. The minimum Gasteiger partial charge on any atom is -0.337 e. The van der Waals surface area contributed by atoms with Gasteiger partial charge >= 0.3 is 0 Å². The van der Waals surface area contributed by atoms with Crippen LogP contribution in [0.5, 0.6) is 0 Å². The van der Waals surface area contributed by atoms with Crippen LogP contribution < -0.4 is 5.32 Å². The largest absolute Gasteiger partial charge is 0.337 e. The van der Waals surface area contributed by atoms with Crippen LogP contribution in [0.3, 0.4) is 0 Å². The number of pyridine rings is 1. The number of carbonyl (C=O) groups is 1. The van der Waals surface area contributed by atoms with E-state index in [1.54, 1.807) is 6.20 Å². The van der Waals surface area contributed by atoms with Crippen molar-refractivity contribution in [2.45, 2.75) is 32.4 Å². The van der Waals surface area contributed by atoms with Gasteiger partial charge in [-0.25, -0.2) is 9.67 Å². The van der Waals surface area contributed by atoms with E-state index in [1.807, 2.05) is 60.0 Å². The summed E-state index contributed by atoms with van der Waals surface area (Å²) in [5, 5.41) is 8.57. The zero-order chi connectivity index (χ0) is 18.8. The highest BCUT2D eigenvalue weighted by Crippen LogP contribution is 2.26. The molecule has 0 saturated carbocycles. The number of carbonyl (C=O) groups excluding carboxylic acids is 1. The first kappa shape index (κ1) is 17.7. The van der Waals surface area contributed by atoms with Crippen LogP contribution in [-0.2, 0) is 6.54 Å². The smallest absolute Gasteiger partial charge is 0.254 e. The minimum atomic E-state index is 0.0650. The number of likely N-dealkylation sites (N-methyl/N-ethyl adjacent to an activating group) is 1. The molecule has 2 aromatic heterocycles. The van der Waals surface area contributed by atoms with Crippen LogP contribution >= 0.6 is 0 Å². The van der Waals surface area contributed by atoms with E-state index >= 15 is 0 Å². The predicted molar refractivity (Wildman–Crippen MR) is 107 cm³/mol. The number of hydrogen-bond acceptors (Lipinski definition) is 4. The van der Waals surface area contributed by atoms with Gasteiger partial charge in [0, 0.05) is 31.2 Å². The average Bonchev–Trinajstić information content (AvgIpc) is 3.16. The van der Waals surface area contributed by atoms with Crippen LogP contribution in [-0.4, -0.2) is 51.8 Å². The number of hydrogen-bond donors (Lipinski definition) is 1. The Hall–Kier alpha value is -2.73. The molecule has 3 heterocycles. The Morgan fingerprint density at radius 3 is 2.85 bits per heavy atom. The maximum Gasteiger partial charge on any atom is 0.254 e. The second-order valence-electron chi connectivity index (χ2n) is 7.00. The Morgan fingerprint density at radius 2 is 2.11 bits per heavy atom. The molecule has 0 radical (unpaired) electrons. The molecule has 1 aliphatic rings. The van der Waals surface area contributed by atoms with Gasteiger partial charge in [-0.3, -0.25) is 4.79 Å². The summed E-state index contributed by atoms with van der Waals surface area (Å²) in [5.74, 6) is 0.0650. The minimum absolute atomic E-state index is 0.0650. The first-order valence-electron chi connectivity index (χ1n) is 9.59. The fraction of sp³-hybridized carbons (Fsp3) is 0.381. The van der Waals surface area contributed by atoms with Crippen molar-refractivity contribution in [2.24, 2.45) is 0 Å². The quantitative estimate of drug-likeness (QED) is 0.774. The summed E-state index contributed by atoms with van der Waals surface area (Å²) in [6, 6.07) is 12.3. The van der Waals surface area contributed by atoms with Crippen molar-refractivity contribution >= 4 is 16.9 Å². The third kappa shape index (κ3) is 3.32. The molecule has 140 valence electrons. The number of fused-ring (bicyclic) bond motifs is 1. The molecular formula is C21H25N5O. The van der Waals surface area contributed by atoms with Gasteiger partial charge in [-0.2, -0.15) is 5.10 Å². The van der Waals surface area contributed by atoms with Crippen LogP contribution in [0.2, 0.25) is 0 Å². The number of likely N-dealkylation sites (tertiary alicyclic amines) is 1. The lowest BCUT2D eigenvalue weighted by molar-refractivity contribution is 0.0700. The molecule has 27 heavy (non-hydrogen) atoms.